The van der Waals surface area contributed by atoms with Crippen molar-refractivity contribution in [2.45, 2.75) is 26.9 Å². The lowest BCUT2D eigenvalue weighted by Gasteiger charge is -2.05. The molecular formula is C10H13N3O. The molecular weight excluding hydrogens is 178 g/mol. The van der Waals surface area contributed by atoms with Gasteiger partial charge in [0.05, 0.1) is 12.8 Å². The Labute approximate surface area is 82.2 Å². The van der Waals surface area contributed by atoms with Gasteiger partial charge in [0.15, 0.2) is 5.65 Å². The normalized spacial score (nSPS) is 11.1. The summed E-state index contributed by atoms with van der Waals surface area (Å²) in [6.07, 6.45) is 4.41. The van der Waals surface area contributed by atoms with E-state index in [9.17, 15) is 0 Å². The van der Waals surface area contributed by atoms with E-state index < -0.39 is 0 Å². The number of rotatable bonds is 2. The topological polar surface area (TPSA) is 50.4 Å². The van der Waals surface area contributed by atoms with Gasteiger partial charge in [0.25, 0.3) is 0 Å². The predicted molar refractivity (Wildman–Crippen MR) is 53.0 cm³/mol. The van der Waals surface area contributed by atoms with E-state index in [2.05, 4.69) is 17.0 Å². The van der Waals surface area contributed by atoms with Gasteiger partial charge in [0.2, 0.25) is 0 Å². The van der Waals surface area contributed by atoms with Crippen molar-refractivity contribution in [1.29, 1.82) is 0 Å². The van der Waals surface area contributed by atoms with Crippen LogP contribution in [0.1, 0.15) is 23.7 Å². The lowest BCUT2D eigenvalue weighted by molar-refractivity contribution is 0.283. The summed E-state index contributed by atoms with van der Waals surface area (Å²) in [5, 5.41) is 13.3. The Morgan fingerprint density at radius 1 is 1.43 bits per heavy atom. The Morgan fingerprint density at radius 2 is 2.21 bits per heavy atom. The predicted octanol–water partition coefficient (Wildman–Crippen LogP) is 1.09. The summed E-state index contributed by atoms with van der Waals surface area (Å²) in [6, 6.07) is 0. The second-order valence-corrected chi connectivity index (χ2v) is 3.30. The Balaban J connectivity index is 2.76. The minimum absolute atomic E-state index is 0.0112. The highest BCUT2D eigenvalue weighted by Gasteiger charge is 2.08. The van der Waals surface area contributed by atoms with E-state index in [0.717, 1.165) is 28.9 Å². The Kier molecular flexibility index (Phi) is 2.21. The van der Waals surface area contributed by atoms with Crippen molar-refractivity contribution in [3.05, 3.63) is 29.2 Å². The second-order valence-electron chi connectivity index (χ2n) is 3.30. The van der Waals surface area contributed by atoms with Crippen LogP contribution in [0.25, 0.3) is 5.65 Å². The molecule has 1 N–H and O–H groups in total. The van der Waals surface area contributed by atoms with Crippen molar-refractivity contribution in [2.75, 3.05) is 0 Å². The lowest BCUT2D eigenvalue weighted by Crippen LogP contribution is -2.02. The highest BCUT2D eigenvalue weighted by molar-refractivity contribution is 5.47. The maximum absolute atomic E-state index is 9.06. The van der Waals surface area contributed by atoms with Gasteiger partial charge in [-0.3, -0.25) is 0 Å². The summed E-state index contributed by atoms with van der Waals surface area (Å²) in [7, 11) is 0. The summed E-state index contributed by atoms with van der Waals surface area (Å²) < 4.78 is 1.81. The fraction of sp³-hybridized carbons (Fsp3) is 0.400. The standard InChI is InChI=1S/C10H13N3O/c1-3-9-7(2)4-11-10-8(6-14)5-12-13(9)10/h4-5,14H,3,6H2,1-2H3. The van der Waals surface area contributed by atoms with Gasteiger partial charge >= 0.3 is 0 Å². The maximum Gasteiger partial charge on any atom is 0.160 e. The first-order valence-electron chi connectivity index (χ1n) is 4.70. The van der Waals surface area contributed by atoms with E-state index in [4.69, 9.17) is 5.11 Å². The number of nitrogens with zero attached hydrogens (tertiary/aromatic N) is 3. The summed E-state index contributed by atoms with van der Waals surface area (Å²) in [5.74, 6) is 0. The molecule has 0 fully saturated rings. The summed E-state index contributed by atoms with van der Waals surface area (Å²) >= 11 is 0. The SMILES string of the molecule is CCc1c(C)cnc2c(CO)cnn12. The van der Waals surface area contributed by atoms with Crippen molar-refractivity contribution >= 4 is 5.65 Å². The molecule has 74 valence electrons. The average molecular weight is 191 g/mol. The van der Waals surface area contributed by atoms with Gasteiger partial charge in [-0.2, -0.15) is 5.10 Å². The van der Waals surface area contributed by atoms with Gasteiger partial charge < -0.3 is 5.11 Å². The van der Waals surface area contributed by atoms with Crippen LogP contribution >= 0.6 is 0 Å². The number of aromatic nitrogens is 3. The smallest absolute Gasteiger partial charge is 0.160 e. The molecule has 0 unspecified atom stereocenters. The minimum atomic E-state index is -0.0112. The first-order valence-corrected chi connectivity index (χ1v) is 4.70. The highest BCUT2D eigenvalue weighted by Crippen LogP contribution is 2.13. The van der Waals surface area contributed by atoms with E-state index in [1.54, 1.807) is 10.7 Å². The molecule has 4 nitrogen and oxygen atoms in total. The van der Waals surface area contributed by atoms with Gasteiger partial charge in [0, 0.05) is 17.5 Å². The molecule has 14 heavy (non-hydrogen) atoms. The first kappa shape index (κ1) is 9.15. The molecule has 0 aliphatic carbocycles. The molecule has 0 aromatic carbocycles. The molecule has 0 amide bonds. The van der Waals surface area contributed by atoms with Crippen LogP contribution in [0.15, 0.2) is 12.4 Å². The van der Waals surface area contributed by atoms with Crippen molar-refractivity contribution in [3.8, 4) is 0 Å². The third kappa shape index (κ3) is 1.19. The highest BCUT2D eigenvalue weighted by atomic mass is 16.3. The van der Waals surface area contributed by atoms with Crippen LogP contribution in [-0.2, 0) is 13.0 Å². The largest absolute Gasteiger partial charge is 0.391 e. The molecule has 2 heterocycles. The molecule has 0 saturated heterocycles. The van der Waals surface area contributed by atoms with Crippen LogP contribution in [0, 0.1) is 6.92 Å². The van der Waals surface area contributed by atoms with Crippen LogP contribution < -0.4 is 0 Å². The lowest BCUT2D eigenvalue weighted by atomic mass is 10.2. The number of hydrogen-bond acceptors (Lipinski definition) is 3. The molecule has 0 atom stereocenters. The van der Waals surface area contributed by atoms with E-state index in [-0.39, 0.29) is 6.61 Å². The Morgan fingerprint density at radius 3 is 2.86 bits per heavy atom. The van der Waals surface area contributed by atoms with E-state index in [0.29, 0.717) is 0 Å². The van der Waals surface area contributed by atoms with Crippen LogP contribution in [-0.4, -0.2) is 19.7 Å². The number of fused-ring (bicyclic) bond motifs is 1. The zero-order valence-corrected chi connectivity index (χ0v) is 8.36. The van der Waals surface area contributed by atoms with Gasteiger partial charge in [-0.05, 0) is 18.9 Å². The fourth-order valence-corrected chi connectivity index (χ4v) is 1.65. The number of hydrogen-bond donors (Lipinski definition) is 1. The summed E-state index contributed by atoms with van der Waals surface area (Å²) in [6.45, 7) is 4.09. The van der Waals surface area contributed by atoms with Crippen LogP contribution in [0.2, 0.25) is 0 Å². The van der Waals surface area contributed by atoms with Gasteiger partial charge in [-0.1, -0.05) is 6.92 Å². The molecule has 0 spiro atoms. The average Bonchev–Trinajstić information content (AvgIpc) is 2.60. The minimum Gasteiger partial charge on any atom is -0.391 e. The summed E-state index contributed by atoms with van der Waals surface area (Å²) in [4.78, 5) is 4.26. The van der Waals surface area contributed by atoms with Crippen LogP contribution in [0.3, 0.4) is 0 Å². The van der Waals surface area contributed by atoms with E-state index in [1.165, 1.54) is 0 Å². The quantitative estimate of drug-likeness (QED) is 0.773. The molecule has 0 saturated carbocycles. The second kappa shape index (κ2) is 3.38. The number of aliphatic hydroxyl groups excluding tert-OH is 1. The Bertz CT molecular complexity index is 462. The third-order valence-electron chi connectivity index (χ3n) is 2.41. The molecule has 0 aliphatic rings. The van der Waals surface area contributed by atoms with Crippen molar-refractivity contribution in [3.63, 3.8) is 0 Å². The zero-order chi connectivity index (χ0) is 10.1. The van der Waals surface area contributed by atoms with Gasteiger partial charge in [-0.15, -0.1) is 0 Å². The van der Waals surface area contributed by atoms with E-state index in [1.807, 2.05) is 13.1 Å². The van der Waals surface area contributed by atoms with Gasteiger partial charge in [-0.25, -0.2) is 9.50 Å². The monoisotopic (exact) mass is 191 g/mol. The third-order valence-corrected chi connectivity index (χ3v) is 2.41. The van der Waals surface area contributed by atoms with Gasteiger partial charge in [0.1, 0.15) is 0 Å². The molecule has 2 aromatic rings. The molecule has 0 aliphatic heterocycles. The first-order chi connectivity index (χ1) is 6.77. The zero-order valence-electron chi connectivity index (χ0n) is 8.36. The fourth-order valence-electron chi connectivity index (χ4n) is 1.65. The van der Waals surface area contributed by atoms with Crippen molar-refractivity contribution < 1.29 is 5.11 Å². The Hall–Kier alpha value is -1.42. The van der Waals surface area contributed by atoms with E-state index >= 15 is 0 Å². The van der Waals surface area contributed by atoms with Crippen LogP contribution in [0.4, 0.5) is 0 Å². The summed E-state index contributed by atoms with van der Waals surface area (Å²) in [5.41, 5.74) is 3.82. The molecule has 2 rings (SSSR count). The molecule has 0 bridgehead atoms. The number of aliphatic hydroxyl groups is 1. The van der Waals surface area contributed by atoms with Crippen molar-refractivity contribution in [2.24, 2.45) is 0 Å². The maximum atomic E-state index is 9.06. The molecule has 0 radical (unpaired) electrons. The molecule has 4 heteroatoms. The number of aryl methyl sites for hydroxylation is 2. The van der Waals surface area contributed by atoms with Crippen molar-refractivity contribution in [1.82, 2.24) is 14.6 Å². The van der Waals surface area contributed by atoms with Crippen LogP contribution in [0.5, 0.6) is 0 Å². The molecule has 2 aromatic heterocycles.